The highest BCUT2D eigenvalue weighted by Crippen LogP contribution is 2.51. The first-order chi connectivity index (χ1) is 7.48. The summed E-state index contributed by atoms with van der Waals surface area (Å²) < 4.78 is 11.2. The fraction of sp³-hybridized carbons (Fsp3) is 0.167. The molecular weight excluding hydrogens is 223 g/mol. The van der Waals surface area contributed by atoms with Gasteiger partial charge >= 0.3 is 7.60 Å². The molecule has 0 heterocycles. The highest BCUT2D eigenvalue weighted by molar-refractivity contribution is 7.52. The predicted octanol–water partition coefficient (Wildman–Crippen LogP) is 3.08. The summed E-state index contributed by atoms with van der Waals surface area (Å²) in [6, 6.07) is 13.2. The van der Waals surface area contributed by atoms with E-state index in [1.54, 1.807) is 13.0 Å². The lowest BCUT2D eigenvalue weighted by molar-refractivity contribution is 0.362. The Balaban J connectivity index is 2.51. The second-order valence-corrected chi connectivity index (χ2v) is 5.82. The Morgan fingerprint density at radius 3 is 2.31 bits per heavy atom. The van der Waals surface area contributed by atoms with E-state index in [1.165, 1.54) is 0 Å². The summed E-state index contributed by atoms with van der Waals surface area (Å²) in [5.74, 6) is 0. The maximum Gasteiger partial charge on any atom is 0.332 e. The van der Waals surface area contributed by atoms with E-state index in [0.717, 1.165) is 10.8 Å². The summed E-state index contributed by atoms with van der Waals surface area (Å²) >= 11 is 0. The molecule has 84 valence electrons. The highest BCUT2D eigenvalue weighted by atomic mass is 31.2. The molecule has 0 amide bonds. The zero-order valence-corrected chi connectivity index (χ0v) is 9.76. The molecule has 0 saturated heterocycles. The molecule has 16 heavy (non-hydrogen) atoms. The summed E-state index contributed by atoms with van der Waals surface area (Å²) in [7, 11) is -4.06. The molecule has 1 unspecified atom stereocenters. The van der Waals surface area contributed by atoms with E-state index in [9.17, 15) is 4.57 Å². The Morgan fingerprint density at radius 1 is 1.06 bits per heavy atom. The van der Waals surface area contributed by atoms with Gasteiger partial charge in [0.25, 0.3) is 0 Å². The topological polar surface area (TPSA) is 57.5 Å². The van der Waals surface area contributed by atoms with E-state index in [-0.39, 0.29) is 0 Å². The van der Waals surface area contributed by atoms with Crippen molar-refractivity contribution in [3.63, 3.8) is 0 Å². The maximum atomic E-state index is 11.2. The maximum absolute atomic E-state index is 11.2. The Labute approximate surface area is 93.9 Å². The quantitative estimate of drug-likeness (QED) is 0.788. The number of hydrogen-bond donors (Lipinski definition) is 2. The molecule has 2 aromatic rings. The second-order valence-electron chi connectivity index (χ2n) is 3.87. The van der Waals surface area contributed by atoms with Gasteiger partial charge in [0.15, 0.2) is 0 Å². The van der Waals surface area contributed by atoms with Gasteiger partial charge in [-0.3, -0.25) is 4.57 Å². The summed E-state index contributed by atoms with van der Waals surface area (Å²) in [5, 5.41) is 2.07. The average molecular weight is 236 g/mol. The van der Waals surface area contributed by atoms with E-state index in [2.05, 4.69) is 0 Å². The molecule has 0 aromatic heterocycles. The zero-order chi connectivity index (χ0) is 11.8. The van der Waals surface area contributed by atoms with Crippen molar-refractivity contribution in [1.82, 2.24) is 0 Å². The molecule has 3 nitrogen and oxygen atoms in total. The number of hydrogen-bond acceptors (Lipinski definition) is 1. The number of fused-ring (bicyclic) bond motifs is 1. The summed E-state index contributed by atoms with van der Waals surface area (Å²) in [6.45, 7) is 1.55. The molecule has 0 spiro atoms. The third-order valence-corrected chi connectivity index (χ3v) is 4.07. The molecule has 0 aliphatic heterocycles. The van der Waals surface area contributed by atoms with Gasteiger partial charge in [0, 0.05) is 0 Å². The van der Waals surface area contributed by atoms with Crippen LogP contribution in [-0.2, 0) is 4.57 Å². The normalized spacial score (nSPS) is 13.9. The van der Waals surface area contributed by atoms with E-state index in [0.29, 0.717) is 5.56 Å². The molecule has 2 aromatic carbocycles. The van der Waals surface area contributed by atoms with Crippen LogP contribution in [0.1, 0.15) is 18.1 Å². The van der Waals surface area contributed by atoms with Crippen LogP contribution in [0.5, 0.6) is 0 Å². The summed E-state index contributed by atoms with van der Waals surface area (Å²) in [6.07, 6.45) is 0. The first kappa shape index (κ1) is 11.3. The van der Waals surface area contributed by atoms with Gasteiger partial charge in [0.1, 0.15) is 0 Å². The van der Waals surface area contributed by atoms with E-state index >= 15 is 0 Å². The van der Waals surface area contributed by atoms with Crippen molar-refractivity contribution in [2.75, 3.05) is 0 Å². The van der Waals surface area contributed by atoms with Crippen molar-refractivity contribution < 1.29 is 14.4 Å². The molecule has 0 aliphatic carbocycles. The minimum absolute atomic E-state index is 0.673. The van der Waals surface area contributed by atoms with Gasteiger partial charge in [-0.1, -0.05) is 42.5 Å². The Kier molecular flexibility index (Phi) is 2.85. The van der Waals surface area contributed by atoms with Crippen LogP contribution in [0, 0.1) is 0 Å². The van der Waals surface area contributed by atoms with Crippen molar-refractivity contribution >= 4 is 18.4 Å². The van der Waals surface area contributed by atoms with Gasteiger partial charge in [-0.25, -0.2) is 0 Å². The van der Waals surface area contributed by atoms with Crippen molar-refractivity contribution in [2.45, 2.75) is 12.6 Å². The van der Waals surface area contributed by atoms with Crippen LogP contribution in [0.15, 0.2) is 42.5 Å². The molecule has 2 rings (SSSR count). The number of rotatable bonds is 2. The molecule has 2 N–H and O–H groups in total. The monoisotopic (exact) mass is 236 g/mol. The molecule has 0 fully saturated rings. The van der Waals surface area contributed by atoms with Crippen LogP contribution in [0.25, 0.3) is 10.8 Å². The molecule has 4 heteroatoms. The second kappa shape index (κ2) is 4.02. The lowest BCUT2D eigenvalue weighted by Crippen LogP contribution is -1.94. The standard InChI is InChI=1S/C12H13O3P/c1-9(16(13,14)15)11-7-6-10-4-2-3-5-12(10)8-11/h2-9H,1H3,(H2,13,14,15). The van der Waals surface area contributed by atoms with Crippen LogP contribution < -0.4 is 0 Å². The fourth-order valence-electron chi connectivity index (χ4n) is 1.66. The van der Waals surface area contributed by atoms with E-state index < -0.39 is 13.3 Å². The third kappa shape index (κ3) is 2.17. The van der Waals surface area contributed by atoms with Crippen LogP contribution >= 0.6 is 7.60 Å². The minimum Gasteiger partial charge on any atom is -0.324 e. The smallest absolute Gasteiger partial charge is 0.324 e. The zero-order valence-electron chi connectivity index (χ0n) is 8.87. The molecule has 0 bridgehead atoms. The lowest BCUT2D eigenvalue weighted by Gasteiger charge is -2.14. The first-order valence-electron chi connectivity index (χ1n) is 5.02. The molecule has 0 radical (unpaired) electrons. The van der Waals surface area contributed by atoms with Gasteiger partial charge in [0.2, 0.25) is 0 Å². The molecule has 1 atom stereocenters. The fourth-order valence-corrected chi connectivity index (χ4v) is 2.21. The SMILES string of the molecule is CC(c1ccc2ccccc2c1)P(=O)(O)O. The van der Waals surface area contributed by atoms with Crippen molar-refractivity contribution in [3.8, 4) is 0 Å². The Morgan fingerprint density at radius 2 is 1.69 bits per heavy atom. The van der Waals surface area contributed by atoms with E-state index in [1.807, 2.05) is 36.4 Å². The van der Waals surface area contributed by atoms with E-state index in [4.69, 9.17) is 9.79 Å². The van der Waals surface area contributed by atoms with Gasteiger partial charge in [0.05, 0.1) is 5.66 Å². The molecule has 0 aliphatic rings. The minimum atomic E-state index is -4.06. The van der Waals surface area contributed by atoms with Crippen LogP contribution in [0.3, 0.4) is 0 Å². The van der Waals surface area contributed by atoms with Crippen LogP contribution in [0.4, 0.5) is 0 Å². The van der Waals surface area contributed by atoms with Crippen molar-refractivity contribution in [1.29, 1.82) is 0 Å². The first-order valence-corrected chi connectivity index (χ1v) is 6.70. The lowest BCUT2D eigenvalue weighted by atomic mass is 10.1. The summed E-state index contributed by atoms with van der Waals surface area (Å²) in [4.78, 5) is 18.2. The predicted molar refractivity (Wildman–Crippen MR) is 64.4 cm³/mol. The Hall–Kier alpha value is -1.15. The number of benzene rings is 2. The average Bonchev–Trinajstić information content (AvgIpc) is 2.26. The van der Waals surface area contributed by atoms with Gasteiger partial charge in [-0.05, 0) is 23.3 Å². The largest absolute Gasteiger partial charge is 0.332 e. The van der Waals surface area contributed by atoms with Gasteiger partial charge in [-0.15, -0.1) is 0 Å². The molecular formula is C12H13O3P. The van der Waals surface area contributed by atoms with Gasteiger partial charge < -0.3 is 9.79 Å². The highest BCUT2D eigenvalue weighted by Gasteiger charge is 2.25. The van der Waals surface area contributed by atoms with Crippen LogP contribution in [0.2, 0.25) is 0 Å². The summed E-state index contributed by atoms with van der Waals surface area (Å²) in [5.41, 5.74) is -0.0795. The van der Waals surface area contributed by atoms with Crippen LogP contribution in [-0.4, -0.2) is 9.79 Å². The van der Waals surface area contributed by atoms with Gasteiger partial charge in [-0.2, -0.15) is 0 Å². The Bertz CT molecular complexity index is 559. The van der Waals surface area contributed by atoms with Crippen molar-refractivity contribution in [3.05, 3.63) is 48.0 Å². The third-order valence-electron chi connectivity index (χ3n) is 2.76. The molecule has 0 saturated carbocycles. The van der Waals surface area contributed by atoms with Crippen molar-refractivity contribution in [2.24, 2.45) is 0 Å².